The molecule has 0 amide bonds. The second-order valence-corrected chi connectivity index (χ2v) is 3.31. The lowest BCUT2D eigenvalue weighted by atomic mass is 10.4. The standard InChI is InChI=1S/C6H14O3.C4H2O3/c1-5(7)3-9-4-6(2)8;5-3-1-2-4(6)7-3/h5-8H,3-4H2,1-2H3;1-2H. The SMILES string of the molecule is CC(O)COCC(C)O.O=C1C=CC(=O)O1. The minimum absolute atomic E-state index is 0.297. The molecule has 92 valence electrons. The van der Waals surface area contributed by atoms with Gasteiger partial charge < -0.3 is 19.7 Å². The number of carbonyl (C=O) groups excluding carboxylic acids is 2. The van der Waals surface area contributed by atoms with Crippen molar-refractivity contribution in [1.82, 2.24) is 0 Å². The lowest BCUT2D eigenvalue weighted by Crippen LogP contribution is -2.16. The topological polar surface area (TPSA) is 93.1 Å². The number of cyclic esters (lactones) is 2. The number of esters is 2. The van der Waals surface area contributed by atoms with Gasteiger partial charge in [0.05, 0.1) is 25.4 Å². The Balaban J connectivity index is 0.000000288. The zero-order valence-corrected chi connectivity index (χ0v) is 9.25. The van der Waals surface area contributed by atoms with Crippen LogP contribution in [0.2, 0.25) is 0 Å². The highest BCUT2D eigenvalue weighted by molar-refractivity contribution is 6.04. The van der Waals surface area contributed by atoms with E-state index in [0.717, 1.165) is 12.2 Å². The minimum Gasteiger partial charge on any atom is -0.391 e. The van der Waals surface area contributed by atoms with Crippen molar-refractivity contribution in [2.75, 3.05) is 13.2 Å². The van der Waals surface area contributed by atoms with E-state index < -0.39 is 24.1 Å². The number of rotatable bonds is 4. The quantitative estimate of drug-likeness (QED) is 0.496. The van der Waals surface area contributed by atoms with Gasteiger partial charge in [0.1, 0.15) is 0 Å². The average molecular weight is 232 g/mol. The van der Waals surface area contributed by atoms with Gasteiger partial charge in [-0.25, -0.2) is 9.59 Å². The van der Waals surface area contributed by atoms with Crippen LogP contribution in [0.1, 0.15) is 13.8 Å². The zero-order chi connectivity index (χ0) is 12.6. The predicted octanol–water partition coefficient (Wildman–Crippen LogP) is -0.609. The maximum atomic E-state index is 9.92. The van der Waals surface area contributed by atoms with E-state index >= 15 is 0 Å². The van der Waals surface area contributed by atoms with E-state index in [-0.39, 0.29) is 0 Å². The lowest BCUT2D eigenvalue weighted by Gasteiger charge is -2.06. The van der Waals surface area contributed by atoms with Crippen molar-refractivity contribution in [3.63, 3.8) is 0 Å². The van der Waals surface area contributed by atoms with Crippen LogP contribution in [0.25, 0.3) is 0 Å². The van der Waals surface area contributed by atoms with Crippen LogP contribution in [0.3, 0.4) is 0 Å². The molecule has 0 saturated carbocycles. The number of hydrogen-bond donors (Lipinski definition) is 2. The normalized spacial score (nSPS) is 17.5. The lowest BCUT2D eigenvalue weighted by molar-refractivity contribution is -0.150. The zero-order valence-electron chi connectivity index (χ0n) is 9.25. The van der Waals surface area contributed by atoms with E-state index in [2.05, 4.69) is 4.74 Å². The molecule has 2 unspecified atom stereocenters. The molecule has 1 aliphatic rings. The highest BCUT2D eigenvalue weighted by Gasteiger charge is 2.10. The van der Waals surface area contributed by atoms with E-state index in [1.54, 1.807) is 13.8 Å². The fraction of sp³-hybridized carbons (Fsp3) is 0.600. The Hall–Kier alpha value is -1.24. The predicted molar refractivity (Wildman–Crippen MR) is 54.4 cm³/mol. The fourth-order valence-corrected chi connectivity index (χ4v) is 0.712. The molecule has 0 bridgehead atoms. The first-order valence-electron chi connectivity index (χ1n) is 4.79. The molecule has 2 N–H and O–H groups in total. The Bertz CT molecular complexity index is 232. The molecule has 1 aliphatic heterocycles. The second kappa shape index (κ2) is 7.98. The molecule has 0 radical (unpaired) electrons. The van der Waals surface area contributed by atoms with Crippen molar-refractivity contribution in [2.24, 2.45) is 0 Å². The van der Waals surface area contributed by atoms with Crippen LogP contribution in [0.15, 0.2) is 12.2 Å². The first-order valence-corrected chi connectivity index (χ1v) is 4.79. The highest BCUT2D eigenvalue weighted by atomic mass is 16.6. The number of hydrogen-bond acceptors (Lipinski definition) is 6. The number of carbonyl (C=O) groups is 2. The molecule has 0 saturated heterocycles. The molecule has 0 fully saturated rings. The van der Waals surface area contributed by atoms with Crippen LogP contribution in [0.5, 0.6) is 0 Å². The number of aliphatic hydroxyl groups excluding tert-OH is 2. The summed E-state index contributed by atoms with van der Waals surface area (Å²) in [4.78, 5) is 19.8. The van der Waals surface area contributed by atoms with Crippen LogP contribution >= 0.6 is 0 Å². The van der Waals surface area contributed by atoms with Crippen molar-refractivity contribution >= 4 is 11.9 Å². The molecule has 0 aromatic rings. The van der Waals surface area contributed by atoms with Crippen LogP contribution < -0.4 is 0 Å². The number of ether oxygens (including phenoxy) is 2. The summed E-state index contributed by atoms with van der Waals surface area (Å²) in [5.74, 6) is -1.16. The molecular weight excluding hydrogens is 216 g/mol. The van der Waals surface area contributed by atoms with Gasteiger partial charge in [0.2, 0.25) is 0 Å². The smallest absolute Gasteiger partial charge is 0.338 e. The average Bonchev–Trinajstić information content (AvgIpc) is 2.49. The van der Waals surface area contributed by atoms with Crippen LogP contribution in [-0.4, -0.2) is 47.6 Å². The fourth-order valence-electron chi connectivity index (χ4n) is 0.712. The van der Waals surface area contributed by atoms with Crippen LogP contribution in [0.4, 0.5) is 0 Å². The summed E-state index contributed by atoms with van der Waals surface area (Å²) < 4.78 is 8.83. The van der Waals surface area contributed by atoms with E-state index in [1.165, 1.54) is 0 Å². The van der Waals surface area contributed by atoms with Crippen LogP contribution in [-0.2, 0) is 19.1 Å². The molecule has 16 heavy (non-hydrogen) atoms. The molecule has 1 rings (SSSR count). The number of aliphatic hydroxyl groups is 2. The summed E-state index contributed by atoms with van der Waals surface area (Å²) in [6, 6.07) is 0. The molecular formula is C10H16O6. The maximum absolute atomic E-state index is 9.92. The van der Waals surface area contributed by atoms with Gasteiger partial charge in [-0.05, 0) is 13.8 Å². The Morgan fingerprint density at radius 2 is 1.50 bits per heavy atom. The maximum Gasteiger partial charge on any atom is 0.338 e. The Morgan fingerprint density at radius 3 is 1.69 bits per heavy atom. The van der Waals surface area contributed by atoms with Gasteiger partial charge in [-0.15, -0.1) is 0 Å². The minimum atomic E-state index is -0.579. The summed E-state index contributed by atoms with van der Waals surface area (Å²) in [5, 5.41) is 17.3. The van der Waals surface area contributed by atoms with Crippen molar-refractivity contribution in [2.45, 2.75) is 26.1 Å². The van der Waals surface area contributed by atoms with Gasteiger partial charge in [-0.2, -0.15) is 0 Å². The first-order chi connectivity index (χ1) is 7.41. The third-order valence-electron chi connectivity index (χ3n) is 1.27. The molecule has 6 heteroatoms. The summed E-state index contributed by atoms with van der Waals surface area (Å²) in [7, 11) is 0. The second-order valence-electron chi connectivity index (χ2n) is 3.31. The van der Waals surface area contributed by atoms with Gasteiger partial charge in [0.25, 0.3) is 0 Å². The highest BCUT2D eigenvalue weighted by Crippen LogP contribution is 1.92. The molecule has 0 aromatic heterocycles. The monoisotopic (exact) mass is 232 g/mol. The summed E-state index contributed by atoms with van der Waals surface area (Å²) >= 11 is 0. The van der Waals surface area contributed by atoms with Gasteiger partial charge >= 0.3 is 11.9 Å². The summed E-state index contributed by atoms with van der Waals surface area (Å²) in [6.07, 6.45) is 1.29. The van der Waals surface area contributed by atoms with Crippen molar-refractivity contribution in [1.29, 1.82) is 0 Å². The van der Waals surface area contributed by atoms with Crippen molar-refractivity contribution in [3.8, 4) is 0 Å². The van der Waals surface area contributed by atoms with E-state index in [1.807, 2.05) is 0 Å². The van der Waals surface area contributed by atoms with Gasteiger partial charge in [0, 0.05) is 12.2 Å². The molecule has 6 nitrogen and oxygen atoms in total. The first kappa shape index (κ1) is 14.8. The summed E-state index contributed by atoms with van der Waals surface area (Å²) in [5.41, 5.74) is 0. The molecule has 1 heterocycles. The largest absolute Gasteiger partial charge is 0.391 e. The molecule has 0 spiro atoms. The van der Waals surface area contributed by atoms with Crippen molar-refractivity contribution < 1.29 is 29.3 Å². The van der Waals surface area contributed by atoms with Crippen molar-refractivity contribution in [3.05, 3.63) is 12.2 Å². The molecule has 0 aliphatic carbocycles. The molecule has 2 atom stereocenters. The Kier molecular flexibility index (Phi) is 7.36. The van der Waals surface area contributed by atoms with Gasteiger partial charge in [-0.3, -0.25) is 0 Å². The van der Waals surface area contributed by atoms with E-state index in [4.69, 9.17) is 14.9 Å². The Labute approximate surface area is 93.5 Å². The third-order valence-corrected chi connectivity index (χ3v) is 1.27. The summed E-state index contributed by atoms with van der Waals surface area (Å²) in [6.45, 7) is 3.87. The Morgan fingerprint density at radius 1 is 1.12 bits per heavy atom. The molecule has 0 aromatic carbocycles. The van der Waals surface area contributed by atoms with Crippen LogP contribution in [0, 0.1) is 0 Å². The van der Waals surface area contributed by atoms with E-state index in [0.29, 0.717) is 13.2 Å². The van der Waals surface area contributed by atoms with Gasteiger partial charge in [0.15, 0.2) is 0 Å². The third kappa shape index (κ3) is 9.32. The van der Waals surface area contributed by atoms with E-state index in [9.17, 15) is 9.59 Å². The van der Waals surface area contributed by atoms with Gasteiger partial charge in [-0.1, -0.05) is 0 Å².